The monoisotopic (exact) mass is 206 g/mol. The standard InChI is InChI=1S/C9H10N4S/c1-2-6(3-1)12-9-10-4-7-8(13-9)14-5-11-7/h4-6H,1-3H2,(H,10,12,13). The third-order valence-corrected chi connectivity index (χ3v) is 3.26. The maximum atomic E-state index is 4.39. The van der Waals surface area contributed by atoms with Gasteiger partial charge in [0.1, 0.15) is 10.3 Å². The highest BCUT2D eigenvalue weighted by atomic mass is 32.1. The second-order valence-electron chi connectivity index (χ2n) is 3.51. The first-order valence-electron chi connectivity index (χ1n) is 4.74. The van der Waals surface area contributed by atoms with Crippen molar-refractivity contribution < 1.29 is 0 Å². The highest BCUT2D eigenvalue weighted by Crippen LogP contribution is 2.22. The molecule has 0 unspecified atom stereocenters. The van der Waals surface area contributed by atoms with Crippen LogP contribution in [0, 0.1) is 0 Å². The van der Waals surface area contributed by atoms with Crippen molar-refractivity contribution in [1.29, 1.82) is 0 Å². The minimum atomic E-state index is 0.584. The van der Waals surface area contributed by atoms with Crippen molar-refractivity contribution in [3.8, 4) is 0 Å². The predicted octanol–water partition coefficient (Wildman–Crippen LogP) is 2.05. The Morgan fingerprint density at radius 3 is 3.07 bits per heavy atom. The van der Waals surface area contributed by atoms with Gasteiger partial charge in [0.2, 0.25) is 5.95 Å². The van der Waals surface area contributed by atoms with Gasteiger partial charge in [0.25, 0.3) is 0 Å². The molecule has 2 heterocycles. The second kappa shape index (κ2) is 3.16. The summed E-state index contributed by atoms with van der Waals surface area (Å²) in [5, 5.41) is 3.32. The highest BCUT2D eigenvalue weighted by molar-refractivity contribution is 7.16. The van der Waals surface area contributed by atoms with Crippen molar-refractivity contribution in [3.05, 3.63) is 11.7 Å². The number of hydrogen-bond donors (Lipinski definition) is 1. The molecule has 1 N–H and O–H groups in total. The fourth-order valence-corrected chi connectivity index (χ4v) is 2.10. The smallest absolute Gasteiger partial charge is 0.224 e. The first-order chi connectivity index (χ1) is 6.92. The SMILES string of the molecule is c1nc2cnc(NC3CCC3)nc2s1. The number of thiazole rings is 1. The molecular weight excluding hydrogens is 196 g/mol. The van der Waals surface area contributed by atoms with Gasteiger partial charge < -0.3 is 5.32 Å². The normalized spacial score (nSPS) is 16.9. The van der Waals surface area contributed by atoms with Crippen molar-refractivity contribution in [2.24, 2.45) is 0 Å². The molecule has 0 saturated heterocycles. The van der Waals surface area contributed by atoms with E-state index in [-0.39, 0.29) is 0 Å². The Balaban J connectivity index is 1.88. The maximum absolute atomic E-state index is 4.39. The zero-order valence-corrected chi connectivity index (χ0v) is 8.42. The lowest BCUT2D eigenvalue weighted by Crippen LogP contribution is -2.27. The average molecular weight is 206 g/mol. The Kier molecular flexibility index (Phi) is 1.83. The summed E-state index contributed by atoms with van der Waals surface area (Å²) in [6.07, 6.45) is 5.58. The van der Waals surface area contributed by atoms with E-state index in [4.69, 9.17) is 0 Å². The van der Waals surface area contributed by atoms with E-state index in [0.717, 1.165) is 16.3 Å². The van der Waals surface area contributed by atoms with Crippen molar-refractivity contribution in [3.63, 3.8) is 0 Å². The molecule has 1 saturated carbocycles. The van der Waals surface area contributed by atoms with Crippen molar-refractivity contribution >= 4 is 27.6 Å². The molecule has 1 aliphatic carbocycles. The Bertz CT molecular complexity index is 449. The van der Waals surface area contributed by atoms with E-state index < -0.39 is 0 Å². The number of aromatic nitrogens is 3. The predicted molar refractivity (Wildman–Crippen MR) is 56.5 cm³/mol. The van der Waals surface area contributed by atoms with E-state index in [1.54, 1.807) is 23.0 Å². The molecule has 3 rings (SSSR count). The minimum Gasteiger partial charge on any atom is -0.351 e. The van der Waals surface area contributed by atoms with Gasteiger partial charge in [-0.25, -0.2) is 15.0 Å². The van der Waals surface area contributed by atoms with Crippen molar-refractivity contribution in [2.45, 2.75) is 25.3 Å². The fourth-order valence-electron chi connectivity index (χ4n) is 1.47. The van der Waals surface area contributed by atoms with E-state index in [1.807, 2.05) is 0 Å². The van der Waals surface area contributed by atoms with Gasteiger partial charge >= 0.3 is 0 Å². The number of hydrogen-bond acceptors (Lipinski definition) is 5. The topological polar surface area (TPSA) is 50.7 Å². The summed E-state index contributed by atoms with van der Waals surface area (Å²) >= 11 is 1.55. The van der Waals surface area contributed by atoms with Crippen LogP contribution in [-0.4, -0.2) is 21.0 Å². The van der Waals surface area contributed by atoms with Crippen LogP contribution in [0.25, 0.3) is 10.3 Å². The largest absolute Gasteiger partial charge is 0.351 e. The van der Waals surface area contributed by atoms with Crippen LogP contribution in [-0.2, 0) is 0 Å². The molecule has 0 atom stereocenters. The van der Waals surface area contributed by atoms with Gasteiger partial charge in [-0.3, -0.25) is 0 Å². The quantitative estimate of drug-likeness (QED) is 0.817. The lowest BCUT2D eigenvalue weighted by Gasteiger charge is -2.26. The number of rotatable bonds is 2. The van der Waals surface area contributed by atoms with Crippen molar-refractivity contribution in [1.82, 2.24) is 15.0 Å². The average Bonchev–Trinajstić information content (AvgIpc) is 2.58. The molecule has 0 aromatic carbocycles. The molecule has 5 heteroatoms. The van der Waals surface area contributed by atoms with Crippen LogP contribution in [0.15, 0.2) is 11.7 Å². The van der Waals surface area contributed by atoms with E-state index in [1.165, 1.54) is 19.3 Å². The van der Waals surface area contributed by atoms with Gasteiger partial charge in [-0.1, -0.05) is 0 Å². The van der Waals surface area contributed by atoms with Gasteiger partial charge in [-0.2, -0.15) is 0 Å². The molecule has 2 aromatic heterocycles. The molecule has 4 nitrogen and oxygen atoms in total. The van der Waals surface area contributed by atoms with Crippen LogP contribution in [0.2, 0.25) is 0 Å². The Morgan fingerprint density at radius 1 is 1.36 bits per heavy atom. The maximum Gasteiger partial charge on any atom is 0.224 e. The summed E-state index contributed by atoms with van der Waals surface area (Å²) in [4.78, 5) is 13.7. The van der Waals surface area contributed by atoms with E-state index >= 15 is 0 Å². The summed E-state index contributed by atoms with van der Waals surface area (Å²) < 4.78 is 0. The molecule has 1 aliphatic rings. The third kappa shape index (κ3) is 1.33. The number of nitrogens with zero attached hydrogens (tertiary/aromatic N) is 3. The van der Waals surface area contributed by atoms with Gasteiger partial charge in [-0.15, -0.1) is 11.3 Å². The van der Waals surface area contributed by atoms with Gasteiger partial charge in [0.15, 0.2) is 0 Å². The summed E-state index contributed by atoms with van der Waals surface area (Å²) in [6.45, 7) is 0. The molecule has 0 aliphatic heterocycles. The van der Waals surface area contributed by atoms with Crippen LogP contribution in [0.1, 0.15) is 19.3 Å². The summed E-state index contributed by atoms with van der Waals surface area (Å²) in [7, 11) is 0. The lowest BCUT2D eigenvalue weighted by atomic mass is 9.93. The summed E-state index contributed by atoms with van der Waals surface area (Å²) in [5.41, 5.74) is 2.68. The molecule has 14 heavy (non-hydrogen) atoms. The fraction of sp³-hybridized carbons (Fsp3) is 0.444. The van der Waals surface area contributed by atoms with E-state index in [0.29, 0.717) is 6.04 Å². The summed E-state index contributed by atoms with van der Waals surface area (Å²) in [5.74, 6) is 0.742. The van der Waals surface area contributed by atoms with E-state index in [9.17, 15) is 0 Å². The lowest BCUT2D eigenvalue weighted by molar-refractivity contribution is 0.443. The number of anilines is 1. The summed E-state index contributed by atoms with van der Waals surface area (Å²) in [6, 6.07) is 0.584. The van der Waals surface area contributed by atoms with Crippen LogP contribution in [0.3, 0.4) is 0 Å². The second-order valence-corrected chi connectivity index (χ2v) is 4.34. The number of fused-ring (bicyclic) bond motifs is 1. The molecule has 2 aromatic rings. The minimum absolute atomic E-state index is 0.584. The third-order valence-electron chi connectivity index (χ3n) is 2.53. The molecular formula is C9H10N4S. The molecule has 72 valence electrons. The first-order valence-corrected chi connectivity index (χ1v) is 5.62. The van der Waals surface area contributed by atoms with Gasteiger partial charge in [-0.05, 0) is 19.3 Å². The zero-order chi connectivity index (χ0) is 9.38. The van der Waals surface area contributed by atoms with E-state index in [2.05, 4.69) is 20.3 Å². The number of nitrogens with one attached hydrogen (secondary N) is 1. The Labute approximate surface area is 85.4 Å². The Morgan fingerprint density at radius 2 is 2.29 bits per heavy atom. The van der Waals surface area contributed by atoms with Gasteiger partial charge in [0, 0.05) is 6.04 Å². The van der Waals surface area contributed by atoms with Crippen LogP contribution in [0.5, 0.6) is 0 Å². The Hall–Kier alpha value is -1.23. The highest BCUT2D eigenvalue weighted by Gasteiger charge is 2.17. The molecule has 0 amide bonds. The molecule has 0 radical (unpaired) electrons. The molecule has 0 spiro atoms. The van der Waals surface area contributed by atoms with Crippen LogP contribution in [0.4, 0.5) is 5.95 Å². The first kappa shape index (κ1) is 8.11. The van der Waals surface area contributed by atoms with Gasteiger partial charge in [0.05, 0.1) is 11.7 Å². The van der Waals surface area contributed by atoms with Crippen molar-refractivity contribution in [2.75, 3.05) is 5.32 Å². The zero-order valence-electron chi connectivity index (χ0n) is 7.60. The molecule has 0 bridgehead atoms. The molecule has 1 fully saturated rings. The van der Waals surface area contributed by atoms with Crippen LogP contribution < -0.4 is 5.32 Å². The van der Waals surface area contributed by atoms with Crippen LogP contribution >= 0.6 is 11.3 Å².